The maximum Gasteiger partial charge on any atom is 0.269 e. The van der Waals surface area contributed by atoms with Crippen molar-refractivity contribution in [3.8, 4) is 0 Å². The molecule has 1 saturated heterocycles. The Morgan fingerprint density at radius 1 is 1.06 bits per heavy atom. The number of fused-ring (bicyclic) bond motifs is 2. The van der Waals surface area contributed by atoms with Gasteiger partial charge in [-0.3, -0.25) is 14.7 Å². The molecule has 2 aromatic carbocycles. The van der Waals surface area contributed by atoms with Crippen molar-refractivity contribution in [2.45, 2.75) is 43.0 Å². The summed E-state index contributed by atoms with van der Waals surface area (Å²) in [5.74, 6) is 0.0577. The van der Waals surface area contributed by atoms with Gasteiger partial charge in [-0.05, 0) is 67.1 Å². The number of aliphatic imine (C=N–C) groups is 1. The first-order chi connectivity index (χ1) is 16.6. The van der Waals surface area contributed by atoms with Gasteiger partial charge in [0.05, 0.1) is 21.9 Å². The predicted octanol–water partition coefficient (Wildman–Crippen LogP) is 7.20. The number of hydrogen-bond acceptors (Lipinski definition) is 6. The van der Waals surface area contributed by atoms with Gasteiger partial charge in [0.15, 0.2) is 5.17 Å². The molecule has 1 amide bonds. The number of carbonyl (C=O) groups excluding carboxylic acids is 1. The van der Waals surface area contributed by atoms with Crippen LogP contribution in [0.5, 0.6) is 0 Å². The van der Waals surface area contributed by atoms with Crippen LogP contribution in [0, 0.1) is 0 Å². The summed E-state index contributed by atoms with van der Waals surface area (Å²) in [6, 6.07) is 16.0. The summed E-state index contributed by atoms with van der Waals surface area (Å²) in [6.45, 7) is 0. The van der Waals surface area contributed by atoms with Crippen LogP contribution in [-0.2, 0) is 4.79 Å². The van der Waals surface area contributed by atoms with Gasteiger partial charge in [-0.2, -0.15) is 0 Å². The largest absolute Gasteiger partial charge is 0.337 e. The Kier molecular flexibility index (Phi) is 5.79. The van der Waals surface area contributed by atoms with Gasteiger partial charge >= 0.3 is 0 Å². The van der Waals surface area contributed by atoms with E-state index in [1.54, 1.807) is 18.0 Å². The summed E-state index contributed by atoms with van der Waals surface area (Å²) >= 11 is 9.37. The third kappa shape index (κ3) is 3.80. The van der Waals surface area contributed by atoms with Crippen LogP contribution in [0.3, 0.4) is 0 Å². The van der Waals surface area contributed by atoms with E-state index >= 15 is 0 Å². The SMILES string of the molecule is CN1C(=C2SC(=Nc3cccc4ncccc34)N(C3CCCCC3)C2=O)Sc2ccc(Cl)cc21. The Balaban J connectivity index is 1.45. The van der Waals surface area contributed by atoms with Gasteiger partial charge < -0.3 is 4.90 Å². The fourth-order valence-electron chi connectivity index (χ4n) is 4.86. The molecule has 1 aliphatic carbocycles. The van der Waals surface area contributed by atoms with Gasteiger partial charge in [-0.15, -0.1) is 0 Å². The number of amides is 1. The van der Waals surface area contributed by atoms with Crippen LogP contribution in [0.4, 0.5) is 11.4 Å². The Morgan fingerprint density at radius 2 is 1.91 bits per heavy atom. The predicted molar refractivity (Wildman–Crippen MR) is 143 cm³/mol. The van der Waals surface area contributed by atoms with E-state index < -0.39 is 0 Å². The lowest BCUT2D eigenvalue weighted by molar-refractivity contribution is -0.124. The average Bonchev–Trinajstić information content (AvgIpc) is 3.35. The number of aromatic nitrogens is 1. The summed E-state index contributed by atoms with van der Waals surface area (Å²) in [6.07, 6.45) is 7.36. The van der Waals surface area contributed by atoms with Gasteiger partial charge in [0.25, 0.3) is 5.91 Å². The van der Waals surface area contributed by atoms with Crippen molar-refractivity contribution in [3.63, 3.8) is 0 Å². The van der Waals surface area contributed by atoms with Crippen LogP contribution in [-0.4, -0.2) is 34.0 Å². The number of pyridine rings is 1. The highest BCUT2D eigenvalue weighted by molar-refractivity contribution is 8.19. The maximum absolute atomic E-state index is 13.9. The zero-order chi connectivity index (χ0) is 23.2. The number of benzene rings is 2. The van der Waals surface area contributed by atoms with Crippen molar-refractivity contribution in [1.29, 1.82) is 0 Å². The number of amidine groups is 1. The summed E-state index contributed by atoms with van der Waals surface area (Å²) in [5, 5.41) is 3.39. The monoisotopic (exact) mass is 506 g/mol. The first kappa shape index (κ1) is 22.0. The minimum atomic E-state index is 0.0577. The van der Waals surface area contributed by atoms with E-state index in [4.69, 9.17) is 16.6 Å². The van der Waals surface area contributed by atoms with E-state index in [1.807, 2.05) is 60.5 Å². The van der Waals surface area contributed by atoms with E-state index in [0.717, 1.165) is 68.0 Å². The number of thioether (sulfide) groups is 2. The summed E-state index contributed by atoms with van der Waals surface area (Å²) < 4.78 is 0. The van der Waals surface area contributed by atoms with Crippen molar-refractivity contribution < 1.29 is 4.79 Å². The maximum atomic E-state index is 13.9. The minimum absolute atomic E-state index is 0.0577. The number of carbonyl (C=O) groups is 1. The molecule has 0 bridgehead atoms. The molecule has 3 aromatic rings. The molecular weight excluding hydrogens is 484 g/mol. The Bertz CT molecular complexity index is 1360. The fourth-order valence-corrected chi connectivity index (χ4v) is 7.40. The molecule has 0 atom stereocenters. The van der Waals surface area contributed by atoms with Gasteiger partial charge in [0.1, 0.15) is 4.91 Å². The number of nitrogens with zero attached hydrogens (tertiary/aromatic N) is 4. The smallest absolute Gasteiger partial charge is 0.269 e. The molecule has 0 spiro atoms. The molecule has 3 aliphatic rings. The van der Waals surface area contributed by atoms with E-state index in [0.29, 0.717) is 5.02 Å². The molecule has 0 N–H and O–H groups in total. The lowest BCUT2D eigenvalue weighted by Gasteiger charge is -2.30. The molecule has 172 valence electrons. The van der Waals surface area contributed by atoms with Crippen molar-refractivity contribution in [3.05, 3.63) is 69.7 Å². The van der Waals surface area contributed by atoms with E-state index in [9.17, 15) is 4.79 Å². The molecule has 34 heavy (non-hydrogen) atoms. The number of hydrogen-bond donors (Lipinski definition) is 0. The second-order valence-electron chi connectivity index (χ2n) is 8.72. The van der Waals surface area contributed by atoms with Crippen molar-refractivity contribution >= 4 is 68.5 Å². The molecule has 6 rings (SSSR count). The standard InChI is InChI=1S/C26H23ClN4OS2/c1-30-21-15-16(27)12-13-22(21)33-25(30)23-24(32)31(17-7-3-2-4-8-17)26(34-23)29-20-11-5-10-19-18(20)9-6-14-28-19/h5-6,9-15,17H,2-4,7-8H2,1H3. The van der Waals surface area contributed by atoms with Crippen molar-refractivity contribution in [2.75, 3.05) is 11.9 Å². The first-order valence-corrected chi connectivity index (χ1v) is 13.5. The highest BCUT2D eigenvalue weighted by Gasteiger charge is 2.42. The fraction of sp³-hybridized carbons (Fsp3) is 0.269. The van der Waals surface area contributed by atoms with Crippen LogP contribution in [0.25, 0.3) is 10.9 Å². The quantitative estimate of drug-likeness (QED) is 0.344. The minimum Gasteiger partial charge on any atom is -0.337 e. The van der Waals surface area contributed by atoms with Gasteiger partial charge in [0.2, 0.25) is 0 Å². The number of rotatable bonds is 2. The van der Waals surface area contributed by atoms with Crippen LogP contribution < -0.4 is 4.90 Å². The van der Waals surface area contributed by atoms with Crippen molar-refractivity contribution in [1.82, 2.24) is 9.88 Å². The molecular formula is C26H23ClN4OS2. The first-order valence-electron chi connectivity index (χ1n) is 11.5. The van der Waals surface area contributed by atoms with Crippen LogP contribution in [0.2, 0.25) is 5.02 Å². The van der Waals surface area contributed by atoms with Crippen LogP contribution in [0.15, 0.2) is 74.5 Å². The lowest BCUT2D eigenvalue weighted by atomic mass is 9.94. The van der Waals surface area contributed by atoms with Gasteiger partial charge in [-0.1, -0.05) is 48.7 Å². The topological polar surface area (TPSA) is 48.8 Å². The third-order valence-electron chi connectivity index (χ3n) is 6.58. The van der Waals surface area contributed by atoms with Crippen molar-refractivity contribution in [2.24, 2.45) is 4.99 Å². The van der Waals surface area contributed by atoms with E-state index in [1.165, 1.54) is 18.2 Å². The molecule has 1 saturated carbocycles. The summed E-state index contributed by atoms with van der Waals surface area (Å²) in [4.78, 5) is 29.3. The molecule has 0 radical (unpaired) electrons. The summed E-state index contributed by atoms with van der Waals surface area (Å²) in [7, 11) is 2.00. The summed E-state index contributed by atoms with van der Waals surface area (Å²) in [5.41, 5.74) is 2.78. The molecule has 0 unspecified atom stereocenters. The number of anilines is 1. The Labute approximate surface area is 212 Å². The second-order valence-corrected chi connectivity index (χ2v) is 11.2. The molecule has 5 nitrogen and oxygen atoms in total. The van der Waals surface area contributed by atoms with Gasteiger partial charge in [-0.25, -0.2) is 4.99 Å². The van der Waals surface area contributed by atoms with E-state index in [2.05, 4.69) is 9.88 Å². The highest BCUT2D eigenvalue weighted by Crippen LogP contribution is 2.51. The average molecular weight is 507 g/mol. The van der Waals surface area contributed by atoms with E-state index in [-0.39, 0.29) is 11.9 Å². The zero-order valence-corrected chi connectivity index (χ0v) is 21.1. The van der Waals surface area contributed by atoms with Crippen LogP contribution >= 0.6 is 35.1 Å². The highest BCUT2D eigenvalue weighted by atomic mass is 35.5. The molecule has 8 heteroatoms. The Morgan fingerprint density at radius 3 is 2.76 bits per heavy atom. The normalized spacial score (nSPS) is 22.3. The molecule has 2 fully saturated rings. The zero-order valence-electron chi connectivity index (χ0n) is 18.7. The molecule has 1 aromatic heterocycles. The second kappa shape index (κ2) is 8.95. The van der Waals surface area contributed by atoms with Gasteiger partial charge in [0, 0.05) is 34.6 Å². The molecule has 3 heterocycles. The number of halogens is 1. The lowest BCUT2D eigenvalue weighted by Crippen LogP contribution is -2.40. The Hall–Kier alpha value is -2.48. The van der Waals surface area contributed by atoms with Crippen LogP contribution in [0.1, 0.15) is 32.1 Å². The third-order valence-corrected chi connectivity index (χ3v) is 9.22. The molecule has 2 aliphatic heterocycles.